The lowest BCUT2D eigenvalue weighted by Gasteiger charge is -2.43. The van der Waals surface area contributed by atoms with Gasteiger partial charge >= 0.3 is 13.5 Å². The summed E-state index contributed by atoms with van der Waals surface area (Å²) < 4.78 is 26.5. The molecule has 15 heteroatoms. The minimum atomic E-state index is -3.69. The largest absolute Gasteiger partial charge is 0.465 e. The van der Waals surface area contributed by atoms with Crippen molar-refractivity contribution in [2.75, 3.05) is 38.7 Å². The van der Waals surface area contributed by atoms with E-state index < -0.39 is 31.6 Å². The second-order valence-electron chi connectivity index (χ2n) is 16.1. The first-order chi connectivity index (χ1) is 27.8. The lowest BCUT2D eigenvalue weighted by molar-refractivity contribution is -0.148. The van der Waals surface area contributed by atoms with Gasteiger partial charge in [0.2, 0.25) is 11.8 Å². The number of likely N-dealkylation sites (tertiary alicyclic amines) is 1. The zero-order valence-electron chi connectivity index (χ0n) is 33.8. The van der Waals surface area contributed by atoms with Crippen LogP contribution in [0.25, 0.3) is 10.1 Å². The summed E-state index contributed by atoms with van der Waals surface area (Å²) in [6.45, 7) is 7.03. The fourth-order valence-corrected chi connectivity index (χ4v) is 11.4. The fraction of sp³-hybridized carbons (Fsp3) is 0.465. The van der Waals surface area contributed by atoms with E-state index in [1.807, 2.05) is 62.4 Å². The zero-order valence-corrected chi connectivity index (χ0v) is 35.5. The summed E-state index contributed by atoms with van der Waals surface area (Å²) in [6.07, 6.45) is 6.94. The Bertz CT molecular complexity index is 2190. The number of hydrogen-bond acceptors (Lipinski definition) is 10. The molecule has 7 rings (SSSR count). The normalized spacial score (nSPS) is 22.3. The molecule has 0 saturated carbocycles. The molecule has 3 amide bonds. The van der Waals surface area contributed by atoms with Crippen molar-refractivity contribution in [1.29, 1.82) is 0 Å². The van der Waals surface area contributed by atoms with Crippen LogP contribution in [-0.4, -0.2) is 96.4 Å². The van der Waals surface area contributed by atoms with Gasteiger partial charge in [-0.1, -0.05) is 38.1 Å². The standard InChI is InChI=1S/C43H53N6O7PS/c1-6-18-55-43(53)28(3)46-57(54,56-33-10-8-7-9-11-33)26-29-12-15-38-30(21-29)22-39(58-38)40(50)45-35-20-27(2)19-32-13-14-37(49(32)41(35)51)42(52)48-24-31(25-48)34-23-44-17-16-36(34)47(4)5/h7-12,15-17,21-23,27-28,31-32,35,37H,6,13-14,18-20,24-26H2,1-5H3,(H,45,50)(H,46,54)/t27-,28+,32-,35+,37+,57?/m1/s1. The number of hydrogen-bond donors (Lipinski definition) is 2. The Kier molecular flexibility index (Phi) is 12.6. The van der Waals surface area contributed by atoms with E-state index in [1.165, 1.54) is 11.3 Å². The maximum atomic E-state index is 14.3. The number of esters is 1. The predicted octanol–water partition coefficient (Wildman–Crippen LogP) is 6.58. The Hall–Kier alpha value is -4.78. The number of rotatable bonds is 14. The maximum absolute atomic E-state index is 14.3. The van der Waals surface area contributed by atoms with Crippen molar-refractivity contribution in [3.63, 3.8) is 0 Å². The van der Waals surface area contributed by atoms with Gasteiger partial charge in [0.25, 0.3) is 5.91 Å². The van der Waals surface area contributed by atoms with E-state index >= 15 is 0 Å². The molecule has 2 aromatic heterocycles. The molecule has 3 saturated heterocycles. The van der Waals surface area contributed by atoms with Crippen molar-refractivity contribution in [3.8, 4) is 5.75 Å². The summed E-state index contributed by atoms with van der Waals surface area (Å²) >= 11 is 1.31. The van der Waals surface area contributed by atoms with Crippen LogP contribution in [0.4, 0.5) is 5.69 Å². The second kappa shape index (κ2) is 17.6. The first-order valence-electron chi connectivity index (χ1n) is 20.2. The van der Waals surface area contributed by atoms with Crippen molar-refractivity contribution < 1.29 is 33.0 Å². The van der Waals surface area contributed by atoms with E-state index in [2.05, 4.69) is 27.2 Å². The molecule has 0 spiro atoms. The van der Waals surface area contributed by atoms with E-state index in [0.717, 1.165) is 34.2 Å². The van der Waals surface area contributed by atoms with Crippen LogP contribution in [0, 0.1) is 5.92 Å². The molecule has 5 heterocycles. The Morgan fingerprint density at radius 2 is 1.83 bits per heavy atom. The van der Waals surface area contributed by atoms with Gasteiger partial charge < -0.3 is 29.3 Å². The van der Waals surface area contributed by atoms with Gasteiger partial charge in [-0.15, -0.1) is 11.3 Å². The molecule has 4 aromatic rings. The van der Waals surface area contributed by atoms with Crippen molar-refractivity contribution in [2.45, 2.75) is 89.1 Å². The van der Waals surface area contributed by atoms with E-state index in [-0.39, 0.29) is 48.4 Å². The van der Waals surface area contributed by atoms with E-state index in [4.69, 9.17) is 9.26 Å². The molecule has 13 nitrogen and oxygen atoms in total. The highest BCUT2D eigenvalue weighted by atomic mass is 32.1. The van der Waals surface area contributed by atoms with E-state index in [1.54, 1.807) is 48.4 Å². The summed E-state index contributed by atoms with van der Waals surface area (Å²) in [4.78, 5) is 65.2. The predicted molar refractivity (Wildman–Crippen MR) is 225 cm³/mol. The molecule has 2 N–H and O–H groups in total. The summed E-state index contributed by atoms with van der Waals surface area (Å²) in [5.41, 5.74) is 2.89. The van der Waals surface area contributed by atoms with Gasteiger partial charge in [0.15, 0.2) is 0 Å². The Balaban J connectivity index is 1.03. The van der Waals surface area contributed by atoms with Crippen molar-refractivity contribution in [2.24, 2.45) is 5.92 Å². The van der Waals surface area contributed by atoms with Crippen LogP contribution in [0.15, 0.2) is 73.1 Å². The Labute approximate surface area is 344 Å². The molecule has 1 unspecified atom stereocenters. The summed E-state index contributed by atoms with van der Waals surface area (Å²) in [5.74, 6) is -0.341. The number of para-hydroxylation sites is 1. The van der Waals surface area contributed by atoms with Gasteiger partial charge in [-0.2, -0.15) is 0 Å². The molecule has 6 atom stereocenters. The van der Waals surface area contributed by atoms with Crippen molar-refractivity contribution in [1.82, 2.24) is 25.2 Å². The third-order valence-corrected chi connectivity index (χ3v) is 14.5. The summed E-state index contributed by atoms with van der Waals surface area (Å²) in [7, 11) is 0.311. The highest BCUT2D eigenvalue weighted by molar-refractivity contribution is 7.56. The van der Waals surface area contributed by atoms with Gasteiger partial charge in [-0.3, -0.25) is 28.7 Å². The van der Waals surface area contributed by atoms with Gasteiger partial charge in [0.1, 0.15) is 23.9 Å². The second-order valence-corrected chi connectivity index (χ2v) is 19.3. The number of pyridine rings is 1. The topological polar surface area (TPSA) is 150 Å². The van der Waals surface area contributed by atoms with Gasteiger partial charge in [0.05, 0.1) is 17.6 Å². The zero-order chi connectivity index (χ0) is 41.1. The van der Waals surface area contributed by atoms with Crippen LogP contribution in [0.3, 0.4) is 0 Å². The quantitative estimate of drug-likeness (QED) is 0.105. The van der Waals surface area contributed by atoms with Crippen LogP contribution < -0.4 is 19.8 Å². The highest BCUT2D eigenvalue weighted by Gasteiger charge is 2.49. The number of nitrogens with zero attached hydrogens (tertiary/aromatic N) is 4. The molecule has 3 aliphatic heterocycles. The average Bonchev–Trinajstić information content (AvgIpc) is 3.77. The molecule has 58 heavy (non-hydrogen) atoms. The minimum Gasteiger partial charge on any atom is -0.465 e. The number of amides is 3. The van der Waals surface area contributed by atoms with E-state index in [9.17, 15) is 23.7 Å². The molecule has 0 aliphatic carbocycles. The summed E-state index contributed by atoms with van der Waals surface area (Å²) in [6, 6.07) is 15.9. The smallest absolute Gasteiger partial charge is 0.323 e. The molecular weight excluding hydrogens is 776 g/mol. The number of aromatic nitrogens is 1. The first kappa shape index (κ1) is 41.4. The number of carbonyl (C=O) groups is 4. The number of carbonyl (C=O) groups excluding carboxylic acids is 4. The molecule has 0 bridgehead atoms. The SMILES string of the molecule is CCCOC(=O)[C@H](C)NP(=O)(Cc1ccc2sc(C(=O)N[C@H]3C[C@H](C)C[C@H]4CC[C@@H](C(=O)N5CC(c6cnccc6N(C)C)C5)N4C3=O)cc2c1)Oc1ccccc1. The molecule has 308 valence electrons. The lowest BCUT2D eigenvalue weighted by atomic mass is 9.90. The number of fused-ring (bicyclic) bond motifs is 2. The third kappa shape index (κ3) is 9.09. The number of ether oxygens (including phenoxy) is 1. The number of thiophene rings is 1. The van der Waals surface area contributed by atoms with Gasteiger partial charge in [0, 0.05) is 67.5 Å². The highest BCUT2D eigenvalue weighted by Crippen LogP contribution is 2.48. The Morgan fingerprint density at radius 1 is 1.05 bits per heavy atom. The third-order valence-electron chi connectivity index (χ3n) is 11.3. The molecular formula is C43H53N6O7PS. The maximum Gasteiger partial charge on any atom is 0.323 e. The average molecular weight is 829 g/mol. The lowest BCUT2D eigenvalue weighted by Crippen LogP contribution is -2.58. The number of benzene rings is 2. The van der Waals surface area contributed by atoms with Gasteiger partial charge in [-0.05, 0) is 92.3 Å². The minimum absolute atomic E-state index is 0.0232. The van der Waals surface area contributed by atoms with Crippen LogP contribution in [-0.2, 0) is 29.8 Å². The first-order valence-corrected chi connectivity index (χ1v) is 22.8. The van der Waals surface area contributed by atoms with Gasteiger partial charge in [-0.25, -0.2) is 5.09 Å². The Morgan fingerprint density at radius 3 is 2.57 bits per heavy atom. The molecule has 2 aromatic carbocycles. The summed E-state index contributed by atoms with van der Waals surface area (Å²) in [5, 5.41) is 6.73. The van der Waals surface area contributed by atoms with Crippen LogP contribution in [0.1, 0.15) is 79.6 Å². The fourth-order valence-electron chi connectivity index (χ4n) is 8.45. The van der Waals surface area contributed by atoms with E-state index in [0.29, 0.717) is 48.5 Å². The van der Waals surface area contributed by atoms with Crippen LogP contribution in [0.2, 0.25) is 0 Å². The molecule has 3 fully saturated rings. The van der Waals surface area contributed by atoms with Crippen molar-refractivity contribution >= 4 is 58.3 Å². The van der Waals surface area contributed by atoms with Crippen molar-refractivity contribution in [3.05, 3.63) is 89.1 Å². The van der Waals surface area contributed by atoms with Crippen LogP contribution >= 0.6 is 18.9 Å². The van der Waals surface area contributed by atoms with Crippen LogP contribution in [0.5, 0.6) is 5.75 Å². The monoisotopic (exact) mass is 828 g/mol. The number of anilines is 1. The molecule has 0 radical (unpaired) electrons. The number of nitrogens with one attached hydrogen (secondary N) is 2. The molecule has 3 aliphatic rings.